The van der Waals surface area contributed by atoms with Crippen LogP contribution in [-0.4, -0.2) is 41.9 Å². The van der Waals surface area contributed by atoms with Crippen molar-refractivity contribution in [3.63, 3.8) is 0 Å². The molecule has 2 heterocycles. The maximum Gasteiger partial charge on any atom is 0.227 e. The number of aromatic nitrogens is 2. The van der Waals surface area contributed by atoms with E-state index in [-0.39, 0.29) is 11.2 Å². The third kappa shape index (κ3) is 4.67. The predicted molar refractivity (Wildman–Crippen MR) is 134 cm³/mol. The third-order valence-electron chi connectivity index (χ3n) is 6.31. The van der Waals surface area contributed by atoms with E-state index < -0.39 is 0 Å². The molecule has 5 rings (SSSR count). The number of rotatable bonds is 4. The van der Waals surface area contributed by atoms with E-state index in [4.69, 9.17) is 21.6 Å². The fourth-order valence-corrected chi connectivity index (χ4v) is 4.87. The van der Waals surface area contributed by atoms with E-state index in [1.165, 1.54) is 0 Å². The first-order valence-electron chi connectivity index (χ1n) is 11.4. The lowest BCUT2D eigenvalue weighted by atomic mass is 9.75. The fraction of sp³-hybridized carbons (Fsp3) is 0.346. The predicted octanol–water partition coefficient (Wildman–Crippen LogP) is 5.36. The second-order valence-corrected chi connectivity index (χ2v) is 10.0. The van der Waals surface area contributed by atoms with Gasteiger partial charge in [-0.3, -0.25) is 4.79 Å². The molecule has 2 aromatic carbocycles. The standard InChI is InChI=1S/C26H28ClN5O/c1-26(2)16-21-23(22(33)17-26)24(28-19-8-4-3-5-9-19)30-25(29-21)32-13-11-31(12-14-32)20-10-6-7-18(27)15-20/h3-10,15H,11-14,16-17H2,1-2H3,(H,28,29,30). The first-order valence-corrected chi connectivity index (χ1v) is 11.8. The maximum absolute atomic E-state index is 13.1. The molecule has 0 unspecified atom stereocenters. The van der Waals surface area contributed by atoms with Crippen LogP contribution in [0.1, 0.15) is 36.3 Å². The highest BCUT2D eigenvalue weighted by atomic mass is 35.5. The Morgan fingerprint density at radius 3 is 2.36 bits per heavy atom. The number of anilines is 4. The first kappa shape index (κ1) is 21.7. The molecular formula is C26H28ClN5O. The van der Waals surface area contributed by atoms with E-state index in [1.54, 1.807) is 0 Å². The van der Waals surface area contributed by atoms with Crippen molar-refractivity contribution in [3.05, 3.63) is 70.9 Å². The second-order valence-electron chi connectivity index (χ2n) is 9.58. The minimum atomic E-state index is -0.106. The number of para-hydroxylation sites is 1. The van der Waals surface area contributed by atoms with Gasteiger partial charge in [-0.15, -0.1) is 0 Å². The largest absolute Gasteiger partial charge is 0.368 e. The van der Waals surface area contributed by atoms with Crippen molar-refractivity contribution in [2.24, 2.45) is 5.41 Å². The van der Waals surface area contributed by atoms with Crippen LogP contribution in [-0.2, 0) is 6.42 Å². The summed E-state index contributed by atoms with van der Waals surface area (Å²) in [4.78, 5) is 27.4. The summed E-state index contributed by atoms with van der Waals surface area (Å²) in [7, 11) is 0. The molecule has 1 fully saturated rings. The number of ketones is 1. The molecule has 1 aromatic heterocycles. The molecule has 33 heavy (non-hydrogen) atoms. The highest BCUT2D eigenvalue weighted by Crippen LogP contribution is 2.38. The number of carbonyl (C=O) groups excluding carboxylic acids is 1. The number of nitrogens with zero attached hydrogens (tertiary/aromatic N) is 4. The molecule has 0 spiro atoms. The van der Waals surface area contributed by atoms with Crippen LogP contribution in [0.4, 0.5) is 23.1 Å². The maximum atomic E-state index is 13.1. The molecule has 0 amide bonds. The highest BCUT2D eigenvalue weighted by Gasteiger charge is 2.35. The lowest BCUT2D eigenvalue weighted by molar-refractivity contribution is 0.0911. The van der Waals surface area contributed by atoms with Crippen molar-refractivity contribution in [1.29, 1.82) is 0 Å². The van der Waals surface area contributed by atoms with Gasteiger partial charge in [0.15, 0.2) is 5.78 Å². The topological polar surface area (TPSA) is 61.4 Å². The lowest BCUT2D eigenvalue weighted by Crippen LogP contribution is -2.47. The Labute approximate surface area is 199 Å². The fourth-order valence-electron chi connectivity index (χ4n) is 4.68. The quantitative estimate of drug-likeness (QED) is 0.564. The summed E-state index contributed by atoms with van der Waals surface area (Å²) in [5.41, 5.74) is 3.42. The van der Waals surface area contributed by atoms with Gasteiger partial charge in [-0.2, -0.15) is 4.98 Å². The van der Waals surface area contributed by atoms with E-state index in [0.29, 0.717) is 23.8 Å². The van der Waals surface area contributed by atoms with Crippen LogP contribution in [0.15, 0.2) is 54.6 Å². The van der Waals surface area contributed by atoms with Crippen molar-refractivity contribution in [2.75, 3.05) is 41.3 Å². The molecule has 2 aliphatic rings. The SMILES string of the molecule is CC1(C)CC(=O)c2c(nc(N3CCN(c4cccc(Cl)c4)CC3)nc2Nc2ccccc2)C1. The number of hydrogen-bond donors (Lipinski definition) is 1. The smallest absolute Gasteiger partial charge is 0.227 e. The van der Waals surface area contributed by atoms with Gasteiger partial charge in [-0.05, 0) is 42.2 Å². The van der Waals surface area contributed by atoms with Gasteiger partial charge in [-0.25, -0.2) is 4.98 Å². The number of benzene rings is 2. The number of piperazine rings is 1. The van der Waals surface area contributed by atoms with E-state index >= 15 is 0 Å². The summed E-state index contributed by atoms with van der Waals surface area (Å²) in [5, 5.41) is 4.13. The summed E-state index contributed by atoms with van der Waals surface area (Å²) >= 11 is 6.18. The molecule has 0 atom stereocenters. The van der Waals surface area contributed by atoms with Crippen molar-refractivity contribution in [2.45, 2.75) is 26.7 Å². The summed E-state index contributed by atoms with van der Waals surface area (Å²) in [6.45, 7) is 7.56. The number of hydrogen-bond acceptors (Lipinski definition) is 6. The number of Topliss-reactive ketones (excluding diaryl/α,β-unsaturated/α-hetero) is 1. The summed E-state index contributed by atoms with van der Waals surface area (Å²) in [6.07, 6.45) is 1.26. The van der Waals surface area contributed by atoms with Crippen molar-refractivity contribution < 1.29 is 4.79 Å². The third-order valence-corrected chi connectivity index (χ3v) is 6.54. The molecule has 1 saturated heterocycles. The minimum Gasteiger partial charge on any atom is -0.368 e. The Hall–Kier alpha value is -3.12. The molecule has 170 valence electrons. The number of nitrogens with one attached hydrogen (secondary N) is 1. The molecule has 3 aromatic rings. The molecule has 0 bridgehead atoms. The second kappa shape index (κ2) is 8.67. The van der Waals surface area contributed by atoms with E-state index in [2.05, 4.69) is 35.0 Å². The summed E-state index contributed by atoms with van der Waals surface area (Å²) in [5.74, 6) is 1.40. The van der Waals surface area contributed by atoms with Crippen LogP contribution in [0.2, 0.25) is 5.02 Å². The van der Waals surface area contributed by atoms with E-state index in [0.717, 1.165) is 54.7 Å². The van der Waals surface area contributed by atoms with Crippen molar-refractivity contribution in [1.82, 2.24) is 9.97 Å². The van der Waals surface area contributed by atoms with Crippen LogP contribution < -0.4 is 15.1 Å². The average molecular weight is 462 g/mol. The number of halogens is 1. The zero-order valence-corrected chi connectivity index (χ0v) is 19.8. The molecule has 1 N–H and O–H groups in total. The molecule has 1 aliphatic carbocycles. The van der Waals surface area contributed by atoms with E-state index in [1.807, 2.05) is 48.5 Å². The van der Waals surface area contributed by atoms with Gasteiger partial charge < -0.3 is 15.1 Å². The van der Waals surface area contributed by atoms with Crippen LogP contribution in [0, 0.1) is 5.41 Å². The molecule has 0 radical (unpaired) electrons. The molecule has 0 saturated carbocycles. The van der Waals surface area contributed by atoms with Gasteiger partial charge >= 0.3 is 0 Å². The number of carbonyl (C=O) groups is 1. The van der Waals surface area contributed by atoms with Crippen molar-refractivity contribution in [3.8, 4) is 0 Å². The average Bonchev–Trinajstić information content (AvgIpc) is 2.78. The van der Waals surface area contributed by atoms with Crippen LogP contribution >= 0.6 is 11.6 Å². The van der Waals surface area contributed by atoms with Crippen LogP contribution in [0.5, 0.6) is 0 Å². The Kier molecular flexibility index (Phi) is 5.71. The zero-order valence-electron chi connectivity index (χ0n) is 19.0. The Bertz CT molecular complexity index is 1170. The van der Waals surface area contributed by atoms with E-state index in [9.17, 15) is 4.79 Å². The molecular weight excluding hydrogens is 434 g/mol. The Balaban J connectivity index is 1.44. The lowest BCUT2D eigenvalue weighted by Gasteiger charge is -2.37. The minimum absolute atomic E-state index is 0.106. The normalized spacial score (nSPS) is 17.6. The first-order chi connectivity index (χ1) is 15.9. The van der Waals surface area contributed by atoms with Gasteiger partial charge in [0, 0.05) is 49.0 Å². The van der Waals surface area contributed by atoms with Crippen LogP contribution in [0.3, 0.4) is 0 Å². The summed E-state index contributed by atoms with van der Waals surface area (Å²) < 4.78 is 0. The molecule has 6 nitrogen and oxygen atoms in total. The zero-order chi connectivity index (χ0) is 23.0. The monoisotopic (exact) mass is 461 g/mol. The van der Waals surface area contributed by atoms with Gasteiger partial charge in [0.2, 0.25) is 5.95 Å². The summed E-state index contributed by atoms with van der Waals surface area (Å²) in [6, 6.07) is 17.8. The Morgan fingerprint density at radius 2 is 1.64 bits per heavy atom. The van der Waals surface area contributed by atoms with Gasteiger partial charge in [0.25, 0.3) is 0 Å². The van der Waals surface area contributed by atoms with Crippen molar-refractivity contribution >= 4 is 40.5 Å². The highest BCUT2D eigenvalue weighted by molar-refractivity contribution is 6.30. The Morgan fingerprint density at radius 1 is 0.909 bits per heavy atom. The molecule has 7 heteroatoms. The van der Waals surface area contributed by atoms with Gasteiger partial charge in [0.1, 0.15) is 5.82 Å². The molecule has 1 aliphatic heterocycles. The van der Waals surface area contributed by atoms with Gasteiger partial charge in [-0.1, -0.05) is 49.7 Å². The van der Waals surface area contributed by atoms with Gasteiger partial charge in [0.05, 0.1) is 11.3 Å². The number of fused-ring (bicyclic) bond motifs is 1. The van der Waals surface area contributed by atoms with Crippen LogP contribution in [0.25, 0.3) is 0 Å².